The van der Waals surface area contributed by atoms with E-state index in [0.717, 1.165) is 32.8 Å². The molecule has 1 aromatic rings. The largest absolute Gasteiger partial charge is 0.465 e. The molecular weight excluding hydrogens is 282 g/mol. The van der Waals surface area contributed by atoms with Gasteiger partial charge >= 0.3 is 5.97 Å². The van der Waals surface area contributed by atoms with Gasteiger partial charge in [0, 0.05) is 19.0 Å². The second-order valence-electron chi connectivity index (χ2n) is 5.94. The second kappa shape index (κ2) is 7.22. The van der Waals surface area contributed by atoms with Crippen LogP contribution in [-0.2, 0) is 20.8 Å². The molecule has 1 aromatic carbocycles. The third-order valence-corrected chi connectivity index (χ3v) is 4.36. The lowest BCUT2D eigenvalue weighted by Gasteiger charge is -2.34. The normalized spacial score (nSPS) is 23.6. The van der Waals surface area contributed by atoms with Crippen LogP contribution in [0.15, 0.2) is 24.3 Å². The van der Waals surface area contributed by atoms with Gasteiger partial charge in [-0.1, -0.05) is 12.1 Å². The highest BCUT2D eigenvalue weighted by atomic mass is 16.7. The van der Waals surface area contributed by atoms with Crippen LogP contribution < -0.4 is 0 Å². The molecule has 0 bridgehead atoms. The van der Waals surface area contributed by atoms with Crippen molar-refractivity contribution in [2.45, 2.75) is 25.7 Å². The van der Waals surface area contributed by atoms with Crippen molar-refractivity contribution in [3.63, 3.8) is 0 Å². The van der Waals surface area contributed by atoms with Gasteiger partial charge in [-0.25, -0.2) is 4.79 Å². The Hall–Kier alpha value is -1.43. The van der Waals surface area contributed by atoms with Gasteiger partial charge in [-0.2, -0.15) is 0 Å². The predicted octanol–water partition coefficient (Wildman–Crippen LogP) is 2.06. The highest BCUT2D eigenvalue weighted by molar-refractivity contribution is 5.89. The summed E-state index contributed by atoms with van der Waals surface area (Å²) < 4.78 is 16.0. The van der Waals surface area contributed by atoms with Gasteiger partial charge in [0.1, 0.15) is 0 Å². The summed E-state index contributed by atoms with van der Waals surface area (Å²) in [7, 11) is 1.40. The molecule has 22 heavy (non-hydrogen) atoms. The van der Waals surface area contributed by atoms with Crippen LogP contribution in [0.1, 0.15) is 28.8 Å². The molecule has 5 nitrogen and oxygen atoms in total. The van der Waals surface area contributed by atoms with Gasteiger partial charge in [-0.3, -0.25) is 4.90 Å². The van der Waals surface area contributed by atoms with Crippen LogP contribution in [0.3, 0.4) is 0 Å². The number of carbonyl (C=O) groups is 1. The van der Waals surface area contributed by atoms with E-state index in [1.54, 1.807) is 0 Å². The first-order chi connectivity index (χ1) is 10.8. The maximum atomic E-state index is 11.4. The Kier molecular flexibility index (Phi) is 5.08. The molecule has 0 saturated carbocycles. The van der Waals surface area contributed by atoms with Crippen LogP contribution in [0.25, 0.3) is 0 Å². The van der Waals surface area contributed by atoms with Gasteiger partial charge in [0.15, 0.2) is 6.29 Å². The Morgan fingerprint density at radius 3 is 2.68 bits per heavy atom. The number of nitrogens with zero attached hydrogens (tertiary/aromatic N) is 1. The average Bonchev–Trinajstić information content (AvgIpc) is 3.10. The number of benzene rings is 1. The van der Waals surface area contributed by atoms with Gasteiger partial charge in [0.2, 0.25) is 0 Å². The SMILES string of the molecule is COC(=O)c1ccc(CN2CCCC(C3OCCO3)C2)cc1. The molecule has 0 aromatic heterocycles. The number of methoxy groups -OCH3 is 1. The molecule has 0 spiro atoms. The smallest absolute Gasteiger partial charge is 0.337 e. The molecule has 0 aliphatic carbocycles. The first-order valence-electron chi connectivity index (χ1n) is 7.89. The Bertz CT molecular complexity index is 496. The summed E-state index contributed by atoms with van der Waals surface area (Å²) in [5.41, 5.74) is 1.80. The van der Waals surface area contributed by atoms with E-state index in [1.807, 2.05) is 24.3 Å². The van der Waals surface area contributed by atoms with Crippen LogP contribution in [0, 0.1) is 5.92 Å². The standard InChI is InChI=1S/C17H23NO4/c1-20-16(19)14-6-4-13(5-7-14)11-18-8-2-3-15(12-18)17-21-9-10-22-17/h4-7,15,17H,2-3,8-12H2,1H3. The number of carbonyl (C=O) groups excluding carboxylic acids is 1. The lowest BCUT2D eigenvalue weighted by molar-refractivity contribution is -0.101. The van der Waals surface area contributed by atoms with E-state index in [2.05, 4.69) is 4.90 Å². The lowest BCUT2D eigenvalue weighted by Crippen LogP contribution is -2.40. The van der Waals surface area contributed by atoms with E-state index in [4.69, 9.17) is 14.2 Å². The van der Waals surface area contributed by atoms with Crippen molar-refractivity contribution in [1.29, 1.82) is 0 Å². The fourth-order valence-electron chi connectivity index (χ4n) is 3.23. The minimum atomic E-state index is -0.292. The number of hydrogen-bond acceptors (Lipinski definition) is 5. The molecular formula is C17H23NO4. The Morgan fingerprint density at radius 1 is 1.27 bits per heavy atom. The fraction of sp³-hybridized carbons (Fsp3) is 0.588. The van der Waals surface area contributed by atoms with Gasteiger partial charge in [-0.05, 0) is 37.1 Å². The minimum Gasteiger partial charge on any atom is -0.465 e. The Balaban J connectivity index is 1.56. The Labute approximate surface area is 131 Å². The maximum Gasteiger partial charge on any atom is 0.337 e. The molecule has 120 valence electrons. The monoisotopic (exact) mass is 305 g/mol. The molecule has 2 heterocycles. The average molecular weight is 305 g/mol. The molecule has 3 rings (SSSR count). The zero-order valence-corrected chi connectivity index (χ0v) is 13.0. The van der Waals surface area contributed by atoms with Crippen LogP contribution in [0.2, 0.25) is 0 Å². The summed E-state index contributed by atoms with van der Waals surface area (Å²) in [5.74, 6) is 0.172. The Morgan fingerprint density at radius 2 is 2.00 bits per heavy atom. The number of esters is 1. The highest BCUT2D eigenvalue weighted by Gasteiger charge is 2.30. The third kappa shape index (κ3) is 3.66. The van der Waals surface area contributed by atoms with Crippen molar-refractivity contribution in [1.82, 2.24) is 4.90 Å². The highest BCUT2D eigenvalue weighted by Crippen LogP contribution is 2.25. The van der Waals surface area contributed by atoms with Gasteiger partial charge in [-0.15, -0.1) is 0 Å². The zero-order valence-electron chi connectivity index (χ0n) is 13.0. The number of likely N-dealkylation sites (tertiary alicyclic amines) is 1. The molecule has 2 aliphatic heterocycles. The predicted molar refractivity (Wildman–Crippen MR) is 81.5 cm³/mol. The van der Waals surface area contributed by atoms with Crippen molar-refractivity contribution < 1.29 is 19.0 Å². The summed E-state index contributed by atoms with van der Waals surface area (Å²) in [5, 5.41) is 0. The molecule has 2 saturated heterocycles. The van der Waals surface area contributed by atoms with E-state index < -0.39 is 0 Å². The molecule has 2 aliphatic rings. The first kappa shape index (κ1) is 15.5. The number of ether oxygens (including phenoxy) is 3. The van der Waals surface area contributed by atoms with Gasteiger partial charge in [0.05, 0.1) is 25.9 Å². The van der Waals surface area contributed by atoms with E-state index in [9.17, 15) is 4.79 Å². The van der Waals surface area contributed by atoms with Crippen molar-refractivity contribution in [2.24, 2.45) is 5.92 Å². The third-order valence-electron chi connectivity index (χ3n) is 4.36. The number of hydrogen-bond donors (Lipinski definition) is 0. The molecule has 1 atom stereocenters. The van der Waals surface area contributed by atoms with Crippen molar-refractivity contribution in [2.75, 3.05) is 33.4 Å². The topological polar surface area (TPSA) is 48.0 Å². The molecule has 2 fully saturated rings. The fourth-order valence-corrected chi connectivity index (χ4v) is 3.23. The quantitative estimate of drug-likeness (QED) is 0.797. The zero-order chi connectivity index (χ0) is 15.4. The van der Waals surface area contributed by atoms with Crippen LogP contribution in [0.4, 0.5) is 0 Å². The molecule has 0 N–H and O–H groups in total. The summed E-state index contributed by atoms with van der Waals surface area (Å²) in [6.45, 7) is 4.43. The maximum absolute atomic E-state index is 11.4. The summed E-state index contributed by atoms with van der Waals surface area (Å²) in [6.07, 6.45) is 2.32. The first-order valence-corrected chi connectivity index (χ1v) is 7.89. The van der Waals surface area contributed by atoms with Crippen molar-refractivity contribution in [3.8, 4) is 0 Å². The lowest BCUT2D eigenvalue weighted by atomic mass is 9.97. The summed E-state index contributed by atoms with van der Waals surface area (Å²) >= 11 is 0. The van der Waals surface area contributed by atoms with Crippen LogP contribution >= 0.6 is 0 Å². The van der Waals surface area contributed by atoms with Crippen molar-refractivity contribution in [3.05, 3.63) is 35.4 Å². The van der Waals surface area contributed by atoms with Gasteiger partial charge in [0.25, 0.3) is 0 Å². The molecule has 0 amide bonds. The molecule has 5 heteroatoms. The van der Waals surface area contributed by atoms with E-state index in [-0.39, 0.29) is 12.3 Å². The second-order valence-corrected chi connectivity index (χ2v) is 5.94. The van der Waals surface area contributed by atoms with E-state index in [0.29, 0.717) is 11.5 Å². The summed E-state index contributed by atoms with van der Waals surface area (Å²) in [4.78, 5) is 13.9. The molecule has 1 unspecified atom stereocenters. The number of piperidine rings is 1. The van der Waals surface area contributed by atoms with Crippen molar-refractivity contribution >= 4 is 5.97 Å². The molecule has 0 radical (unpaired) electrons. The van der Waals surface area contributed by atoms with Gasteiger partial charge < -0.3 is 14.2 Å². The summed E-state index contributed by atoms with van der Waals surface area (Å²) in [6, 6.07) is 7.65. The van der Waals surface area contributed by atoms with E-state index >= 15 is 0 Å². The minimum absolute atomic E-state index is 0.0236. The van der Waals surface area contributed by atoms with E-state index in [1.165, 1.54) is 25.5 Å². The van der Waals surface area contributed by atoms with Crippen LogP contribution in [-0.4, -0.2) is 50.6 Å². The number of rotatable bonds is 4. The van der Waals surface area contributed by atoms with Crippen LogP contribution in [0.5, 0.6) is 0 Å².